The number of amides is 2. The highest BCUT2D eigenvalue weighted by Gasteiger charge is 2.36. The van der Waals surface area contributed by atoms with Crippen LogP contribution in [0.5, 0.6) is 0 Å². The summed E-state index contributed by atoms with van der Waals surface area (Å²) in [7, 11) is -3.40. The average molecular weight is 487 g/mol. The first-order valence-electron chi connectivity index (χ1n) is 9.89. The van der Waals surface area contributed by atoms with E-state index in [4.69, 9.17) is 0 Å². The molecule has 2 aromatic carbocycles. The number of benzene rings is 2. The maximum atomic E-state index is 13.8. The number of alkyl halides is 3. The molecule has 0 spiro atoms. The molecule has 7 nitrogen and oxygen atoms in total. The molecule has 0 aromatic heterocycles. The second-order valence-corrected chi connectivity index (χ2v) is 9.60. The second-order valence-electron chi connectivity index (χ2n) is 7.62. The van der Waals surface area contributed by atoms with Gasteiger partial charge in [0, 0.05) is 24.7 Å². The highest BCUT2D eigenvalue weighted by Crippen LogP contribution is 2.37. The molecule has 2 N–H and O–H groups in total. The summed E-state index contributed by atoms with van der Waals surface area (Å²) in [6, 6.07) is 7.85. The number of rotatable bonds is 5. The molecule has 12 heteroatoms. The SMILES string of the molecule is CS(=O)(=O)N1CCC(C(=O)Nc2ccc(NC(=O)c3ccccc3F)cc2C(F)(F)F)CC1. The van der Waals surface area contributed by atoms with E-state index in [0.717, 1.165) is 24.5 Å². The molecule has 1 heterocycles. The van der Waals surface area contributed by atoms with Crippen LogP contribution in [0.2, 0.25) is 0 Å². The number of carbonyl (C=O) groups is 2. The second kappa shape index (κ2) is 9.48. The van der Waals surface area contributed by atoms with Crippen LogP contribution in [0.4, 0.5) is 28.9 Å². The Labute approximate surface area is 187 Å². The van der Waals surface area contributed by atoms with Crippen LogP contribution in [0.25, 0.3) is 0 Å². The number of halogens is 4. The van der Waals surface area contributed by atoms with Gasteiger partial charge in [0.1, 0.15) is 5.82 Å². The first kappa shape index (κ1) is 24.6. The molecule has 0 aliphatic carbocycles. The van der Waals surface area contributed by atoms with Crippen molar-refractivity contribution < 1.29 is 35.6 Å². The Kier molecular flexibility index (Phi) is 7.08. The summed E-state index contributed by atoms with van der Waals surface area (Å²) in [6.45, 7) is 0.203. The van der Waals surface area contributed by atoms with E-state index < -0.39 is 51.0 Å². The first-order valence-corrected chi connectivity index (χ1v) is 11.7. The lowest BCUT2D eigenvalue weighted by atomic mass is 9.97. The molecule has 3 rings (SSSR count). The normalized spacial score (nSPS) is 15.8. The van der Waals surface area contributed by atoms with Crippen LogP contribution in [0, 0.1) is 11.7 Å². The third-order valence-corrected chi connectivity index (χ3v) is 6.56. The summed E-state index contributed by atoms with van der Waals surface area (Å²) in [5, 5.41) is 4.48. The highest BCUT2D eigenvalue weighted by molar-refractivity contribution is 7.88. The molecule has 0 bridgehead atoms. The largest absolute Gasteiger partial charge is 0.418 e. The fourth-order valence-corrected chi connectivity index (χ4v) is 4.37. The lowest BCUT2D eigenvalue weighted by Crippen LogP contribution is -2.41. The smallest absolute Gasteiger partial charge is 0.325 e. The van der Waals surface area contributed by atoms with Crippen molar-refractivity contribution in [1.29, 1.82) is 0 Å². The van der Waals surface area contributed by atoms with Gasteiger partial charge in [-0.3, -0.25) is 9.59 Å². The maximum Gasteiger partial charge on any atom is 0.418 e. The van der Waals surface area contributed by atoms with Crippen molar-refractivity contribution in [2.45, 2.75) is 19.0 Å². The number of nitrogens with zero attached hydrogens (tertiary/aromatic N) is 1. The Morgan fingerprint density at radius 3 is 2.24 bits per heavy atom. The summed E-state index contributed by atoms with van der Waals surface area (Å²) < 4.78 is 79.0. The average Bonchev–Trinajstić information content (AvgIpc) is 2.73. The molecule has 0 unspecified atom stereocenters. The van der Waals surface area contributed by atoms with Crippen molar-refractivity contribution in [3.63, 3.8) is 0 Å². The van der Waals surface area contributed by atoms with Crippen LogP contribution in [-0.4, -0.2) is 43.9 Å². The van der Waals surface area contributed by atoms with Crippen LogP contribution >= 0.6 is 0 Å². The summed E-state index contributed by atoms with van der Waals surface area (Å²) >= 11 is 0. The summed E-state index contributed by atoms with van der Waals surface area (Å²) in [6.07, 6.45) is -3.44. The van der Waals surface area contributed by atoms with E-state index >= 15 is 0 Å². The molecule has 1 aliphatic heterocycles. The minimum atomic E-state index is -4.85. The number of sulfonamides is 1. The Hall–Kier alpha value is -2.99. The van der Waals surface area contributed by atoms with Gasteiger partial charge in [-0.05, 0) is 43.2 Å². The van der Waals surface area contributed by atoms with E-state index in [9.17, 15) is 35.6 Å². The van der Waals surface area contributed by atoms with Crippen molar-refractivity contribution in [3.05, 3.63) is 59.4 Å². The minimum absolute atomic E-state index is 0.101. The molecule has 0 atom stereocenters. The van der Waals surface area contributed by atoms with Gasteiger partial charge in [0.15, 0.2) is 0 Å². The van der Waals surface area contributed by atoms with Gasteiger partial charge >= 0.3 is 6.18 Å². The molecule has 178 valence electrons. The standard InChI is InChI=1S/C21H21F4N3O4S/c1-33(31,32)28-10-8-13(9-11-28)19(29)27-18-7-6-14(12-16(18)21(23,24)25)26-20(30)15-4-2-3-5-17(15)22/h2-7,12-13H,8-11H2,1H3,(H,26,30)(H,27,29). The first-order chi connectivity index (χ1) is 15.4. The van der Waals surface area contributed by atoms with Gasteiger partial charge in [-0.25, -0.2) is 17.1 Å². The highest BCUT2D eigenvalue weighted by atomic mass is 32.2. The third kappa shape index (κ3) is 6.08. The molecule has 1 aliphatic rings. The van der Waals surface area contributed by atoms with Crippen molar-refractivity contribution >= 4 is 33.2 Å². The third-order valence-electron chi connectivity index (χ3n) is 5.25. The van der Waals surface area contributed by atoms with E-state index in [1.165, 1.54) is 22.5 Å². The molecule has 0 radical (unpaired) electrons. The van der Waals surface area contributed by atoms with Gasteiger partial charge in [0.2, 0.25) is 15.9 Å². The van der Waals surface area contributed by atoms with E-state index in [-0.39, 0.29) is 37.2 Å². The Bertz CT molecular complexity index is 1160. The van der Waals surface area contributed by atoms with Crippen molar-refractivity contribution in [2.24, 2.45) is 5.92 Å². The lowest BCUT2D eigenvalue weighted by molar-refractivity contribution is -0.137. The van der Waals surface area contributed by atoms with Gasteiger partial charge in [-0.1, -0.05) is 12.1 Å². The lowest BCUT2D eigenvalue weighted by Gasteiger charge is -2.29. The Balaban J connectivity index is 1.76. The predicted octanol–water partition coefficient (Wildman–Crippen LogP) is 3.71. The molecular weight excluding hydrogens is 466 g/mol. The van der Waals surface area contributed by atoms with E-state index in [1.54, 1.807) is 0 Å². The molecule has 2 aromatic rings. The van der Waals surface area contributed by atoms with Gasteiger partial charge < -0.3 is 10.6 Å². The van der Waals surface area contributed by atoms with E-state index in [0.29, 0.717) is 6.07 Å². The van der Waals surface area contributed by atoms with Crippen LogP contribution in [0.3, 0.4) is 0 Å². The molecule has 1 saturated heterocycles. The molecule has 1 fully saturated rings. The van der Waals surface area contributed by atoms with Crippen molar-refractivity contribution in [2.75, 3.05) is 30.0 Å². The Morgan fingerprint density at radius 1 is 1.03 bits per heavy atom. The minimum Gasteiger partial charge on any atom is -0.325 e. The topological polar surface area (TPSA) is 95.6 Å². The van der Waals surface area contributed by atoms with Gasteiger partial charge in [-0.2, -0.15) is 13.2 Å². The van der Waals surface area contributed by atoms with Crippen LogP contribution < -0.4 is 10.6 Å². The number of hydrogen-bond donors (Lipinski definition) is 2. The monoisotopic (exact) mass is 487 g/mol. The fourth-order valence-electron chi connectivity index (χ4n) is 3.49. The molecule has 0 saturated carbocycles. The van der Waals surface area contributed by atoms with Gasteiger partial charge in [-0.15, -0.1) is 0 Å². The predicted molar refractivity (Wildman–Crippen MR) is 114 cm³/mol. The number of piperidine rings is 1. The number of hydrogen-bond acceptors (Lipinski definition) is 4. The quantitative estimate of drug-likeness (QED) is 0.629. The summed E-state index contributed by atoms with van der Waals surface area (Å²) in [5.41, 5.74) is -2.24. The van der Waals surface area contributed by atoms with Gasteiger partial charge in [0.25, 0.3) is 5.91 Å². The zero-order valence-electron chi connectivity index (χ0n) is 17.4. The number of anilines is 2. The number of nitrogens with one attached hydrogen (secondary N) is 2. The van der Waals surface area contributed by atoms with E-state index in [1.807, 2.05) is 0 Å². The van der Waals surface area contributed by atoms with Crippen LogP contribution in [0.1, 0.15) is 28.8 Å². The molecular formula is C21H21F4N3O4S. The zero-order valence-corrected chi connectivity index (χ0v) is 18.3. The van der Waals surface area contributed by atoms with Gasteiger partial charge in [0.05, 0.1) is 23.1 Å². The van der Waals surface area contributed by atoms with Crippen LogP contribution in [0.15, 0.2) is 42.5 Å². The fraction of sp³-hybridized carbons (Fsp3) is 0.333. The van der Waals surface area contributed by atoms with Crippen LogP contribution in [-0.2, 0) is 21.0 Å². The van der Waals surface area contributed by atoms with E-state index in [2.05, 4.69) is 10.6 Å². The Morgan fingerprint density at radius 2 is 1.67 bits per heavy atom. The summed E-state index contributed by atoms with van der Waals surface area (Å²) in [4.78, 5) is 24.7. The zero-order chi connectivity index (χ0) is 24.4. The molecule has 33 heavy (non-hydrogen) atoms. The van der Waals surface area contributed by atoms with Crippen molar-refractivity contribution in [3.8, 4) is 0 Å². The number of carbonyl (C=O) groups excluding carboxylic acids is 2. The summed E-state index contributed by atoms with van der Waals surface area (Å²) in [5.74, 6) is -3.05. The molecule has 2 amide bonds. The maximum absolute atomic E-state index is 13.8. The van der Waals surface area contributed by atoms with Crippen molar-refractivity contribution in [1.82, 2.24) is 4.31 Å².